The zero-order valence-electron chi connectivity index (χ0n) is 20.3. The van der Waals surface area contributed by atoms with Crippen LogP contribution in [0.3, 0.4) is 0 Å². The van der Waals surface area contributed by atoms with E-state index in [0.717, 1.165) is 33.2 Å². The minimum atomic E-state index is 0.903. The van der Waals surface area contributed by atoms with E-state index < -0.39 is 0 Å². The highest BCUT2D eigenvalue weighted by Crippen LogP contribution is 2.39. The molecule has 0 atom stereocenters. The summed E-state index contributed by atoms with van der Waals surface area (Å²) in [7, 11) is 0. The summed E-state index contributed by atoms with van der Waals surface area (Å²) >= 11 is 0. The maximum absolute atomic E-state index is 4.53. The van der Waals surface area contributed by atoms with Crippen LogP contribution in [0.2, 0.25) is 0 Å². The Morgan fingerprint density at radius 1 is 0.368 bits per heavy atom. The lowest BCUT2D eigenvalue weighted by Crippen LogP contribution is -1.88. The van der Waals surface area contributed by atoms with Crippen LogP contribution in [0.15, 0.2) is 122 Å². The topological polar surface area (TPSA) is 51.6 Å². The molecule has 6 aromatic carbocycles. The second-order valence-corrected chi connectivity index (χ2v) is 9.59. The summed E-state index contributed by atoms with van der Waals surface area (Å²) in [5.74, 6) is 0. The average molecular weight is 485 g/mol. The Bertz CT molecular complexity index is 2200. The van der Waals surface area contributed by atoms with Crippen LogP contribution >= 0.6 is 0 Å². The standard InChI is InChI=1S/C34H20N4/c1-2-4-28-27(3-1)29(24-9-12-31-33(20-24)38-16-14-36-31)18-25-6-5-23-17-21(7-10-26(23)34(25)28)22-8-11-30-32(19-22)37-15-13-35-30/h1-20H. The highest BCUT2D eigenvalue weighted by molar-refractivity contribution is 6.23. The zero-order valence-corrected chi connectivity index (χ0v) is 20.3. The van der Waals surface area contributed by atoms with E-state index in [2.05, 4.69) is 111 Å². The molecule has 0 unspecified atom stereocenters. The van der Waals surface area contributed by atoms with Crippen molar-refractivity contribution in [2.24, 2.45) is 0 Å². The highest BCUT2D eigenvalue weighted by Gasteiger charge is 2.13. The van der Waals surface area contributed by atoms with Crippen molar-refractivity contribution < 1.29 is 0 Å². The molecule has 0 fully saturated rings. The van der Waals surface area contributed by atoms with Crippen LogP contribution in [0.5, 0.6) is 0 Å². The normalized spacial score (nSPS) is 11.7. The first kappa shape index (κ1) is 20.9. The molecule has 2 heterocycles. The van der Waals surface area contributed by atoms with E-state index in [1.54, 1.807) is 24.8 Å². The van der Waals surface area contributed by atoms with Crippen molar-refractivity contribution in [3.8, 4) is 22.3 Å². The van der Waals surface area contributed by atoms with Crippen molar-refractivity contribution >= 4 is 54.4 Å². The first-order valence-electron chi connectivity index (χ1n) is 12.6. The minimum absolute atomic E-state index is 0.903. The molecule has 0 bridgehead atoms. The van der Waals surface area contributed by atoms with Gasteiger partial charge in [-0.25, -0.2) is 0 Å². The van der Waals surface area contributed by atoms with E-state index in [1.807, 2.05) is 6.07 Å². The van der Waals surface area contributed by atoms with Gasteiger partial charge in [0.2, 0.25) is 0 Å². The molecule has 176 valence electrons. The summed E-state index contributed by atoms with van der Waals surface area (Å²) in [5, 5.41) is 7.44. The van der Waals surface area contributed by atoms with Gasteiger partial charge < -0.3 is 0 Å². The molecule has 8 aromatic rings. The van der Waals surface area contributed by atoms with Gasteiger partial charge in [0.15, 0.2) is 0 Å². The summed E-state index contributed by atoms with van der Waals surface area (Å²) < 4.78 is 0. The lowest BCUT2D eigenvalue weighted by molar-refractivity contribution is 1.29. The van der Waals surface area contributed by atoms with Gasteiger partial charge >= 0.3 is 0 Å². The average Bonchev–Trinajstić information content (AvgIpc) is 2.99. The molecule has 0 radical (unpaired) electrons. The summed E-state index contributed by atoms with van der Waals surface area (Å²) in [6.45, 7) is 0. The Labute approximate surface area is 218 Å². The fourth-order valence-electron chi connectivity index (χ4n) is 5.63. The fourth-order valence-corrected chi connectivity index (χ4v) is 5.63. The molecule has 0 saturated carbocycles. The number of hydrogen-bond acceptors (Lipinski definition) is 4. The van der Waals surface area contributed by atoms with Gasteiger partial charge in [-0.2, -0.15) is 0 Å². The second-order valence-electron chi connectivity index (χ2n) is 9.59. The first-order valence-corrected chi connectivity index (χ1v) is 12.6. The highest BCUT2D eigenvalue weighted by atomic mass is 14.8. The van der Waals surface area contributed by atoms with Crippen LogP contribution in [0.25, 0.3) is 76.6 Å². The molecule has 4 nitrogen and oxygen atoms in total. The predicted octanol–water partition coefficient (Wildman–Crippen LogP) is 8.37. The van der Waals surface area contributed by atoms with Crippen molar-refractivity contribution in [2.75, 3.05) is 0 Å². The van der Waals surface area contributed by atoms with E-state index in [1.165, 1.54) is 43.4 Å². The Hall–Kier alpha value is -5.22. The Morgan fingerprint density at radius 3 is 1.71 bits per heavy atom. The number of hydrogen-bond donors (Lipinski definition) is 0. The maximum Gasteiger partial charge on any atom is 0.0892 e. The molecular weight excluding hydrogens is 464 g/mol. The lowest BCUT2D eigenvalue weighted by Gasteiger charge is -2.14. The first-order chi connectivity index (χ1) is 18.8. The SMILES string of the molecule is c1ccc2c(c1)c(-c1ccc3nccnc3c1)cc1ccc3cc(-c4ccc5nccnc5c4)ccc3c12. The zero-order chi connectivity index (χ0) is 25.1. The second kappa shape index (κ2) is 8.15. The molecule has 4 heteroatoms. The quantitative estimate of drug-likeness (QED) is 0.231. The van der Waals surface area contributed by atoms with Gasteiger partial charge in [-0.05, 0) is 91.0 Å². The van der Waals surface area contributed by atoms with Gasteiger partial charge in [-0.1, -0.05) is 60.7 Å². The number of fused-ring (bicyclic) bond motifs is 7. The van der Waals surface area contributed by atoms with Crippen LogP contribution in [0, 0.1) is 0 Å². The van der Waals surface area contributed by atoms with Gasteiger partial charge in [0.1, 0.15) is 0 Å². The van der Waals surface area contributed by atoms with Gasteiger partial charge in [0.05, 0.1) is 22.1 Å². The van der Waals surface area contributed by atoms with Crippen molar-refractivity contribution in [1.29, 1.82) is 0 Å². The Morgan fingerprint density at radius 2 is 0.947 bits per heavy atom. The van der Waals surface area contributed by atoms with E-state index in [4.69, 9.17) is 0 Å². The summed E-state index contributed by atoms with van der Waals surface area (Å²) in [5.41, 5.74) is 8.27. The van der Waals surface area contributed by atoms with Gasteiger partial charge in [0.25, 0.3) is 0 Å². The molecule has 2 aromatic heterocycles. The third-order valence-electron chi connectivity index (χ3n) is 7.42. The van der Waals surface area contributed by atoms with Gasteiger partial charge in [-0.3, -0.25) is 19.9 Å². The fraction of sp³-hybridized carbons (Fsp3) is 0. The van der Waals surface area contributed by atoms with E-state index in [0.29, 0.717) is 0 Å². The smallest absolute Gasteiger partial charge is 0.0892 e. The van der Waals surface area contributed by atoms with E-state index >= 15 is 0 Å². The Kier molecular flexibility index (Phi) is 4.49. The largest absolute Gasteiger partial charge is 0.253 e. The van der Waals surface area contributed by atoms with Crippen molar-refractivity contribution in [2.45, 2.75) is 0 Å². The third kappa shape index (κ3) is 3.24. The molecule has 0 aliphatic heterocycles. The molecule has 0 aliphatic carbocycles. The number of benzene rings is 6. The molecule has 0 N–H and O–H groups in total. The Balaban J connectivity index is 1.35. The lowest BCUT2D eigenvalue weighted by atomic mass is 9.90. The minimum Gasteiger partial charge on any atom is -0.253 e. The van der Waals surface area contributed by atoms with Crippen LogP contribution in [0.4, 0.5) is 0 Å². The van der Waals surface area contributed by atoms with Gasteiger partial charge in [-0.15, -0.1) is 0 Å². The number of rotatable bonds is 2. The number of nitrogens with zero attached hydrogens (tertiary/aromatic N) is 4. The molecule has 8 rings (SSSR count). The van der Waals surface area contributed by atoms with Crippen molar-refractivity contribution in [3.05, 3.63) is 122 Å². The van der Waals surface area contributed by atoms with Crippen LogP contribution in [-0.4, -0.2) is 19.9 Å². The van der Waals surface area contributed by atoms with E-state index in [-0.39, 0.29) is 0 Å². The molecule has 0 amide bonds. The molecular formula is C34H20N4. The van der Waals surface area contributed by atoms with Crippen molar-refractivity contribution in [1.82, 2.24) is 19.9 Å². The third-order valence-corrected chi connectivity index (χ3v) is 7.42. The summed E-state index contributed by atoms with van der Waals surface area (Å²) in [4.78, 5) is 17.9. The maximum atomic E-state index is 4.53. The van der Waals surface area contributed by atoms with Crippen LogP contribution in [-0.2, 0) is 0 Å². The summed E-state index contributed by atoms with van der Waals surface area (Å²) in [6.07, 6.45) is 6.95. The monoisotopic (exact) mass is 484 g/mol. The van der Waals surface area contributed by atoms with Crippen LogP contribution < -0.4 is 0 Å². The predicted molar refractivity (Wildman–Crippen MR) is 156 cm³/mol. The van der Waals surface area contributed by atoms with Gasteiger partial charge in [0, 0.05) is 24.8 Å². The summed E-state index contributed by atoms with van der Waals surface area (Å²) in [6, 6.07) is 34.8. The molecule has 38 heavy (non-hydrogen) atoms. The molecule has 0 aliphatic rings. The van der Waals surface area contributed by atoms with Crippen LogP contribution in [0.1, 0.15) is 0 Å². The number of aromatic nitrogens is 4. The van der Waals surface area contributed by atoms with E-state index in [9.17, 15) is 0 Å². The molecule has 0 spiro atoms. The van der Waals surface area contributed by atoms with Crippen molar-refractivity contribution in [3.63, 3.8) is 0 Å². The molecule has 0 saturated heterocycles.